The molecule has 8 heteroatoms. The van der Waals surface area contributed by atoms with Gasteiger partial charge in [0.05, 0.1) is 0 Å². The topological polar surface area (TPSA) is 73.6 Å². The predicted molar refractivity (Wildman–Crippen MR) is 83.2 cm³/mol. The second-order valence-electron chi connectivity index (χ2n) is 3.77. The van der Waals surface area contributed by atoms with E-state index in [1.807, 2.05) is 26.0 Å². The van der Waals surface area contributed by atoms with Crippen LogP contribution in [0.1, 0.15) is 18.9 Å². The first-order valence-electron chi connectivity index (χ1n) is 5.69. The molecule has 0 bridgehead atoms. The Balaban J connectivity index is 2.45. The Morgan fingerprint density at radius 3 is 2.68 bits per heavy atom. The third-order valence-electron chi connectivity index (χ3n) is 1.95. The normalized spacial score (nSPS) is 13.6. The SMILES string of the molecule is CCCSC(=S)NOP(N)(=O)Oc1ccc(C)cc1. The van der Waals surface area contributed by atoms with Gasteiger partial charge in [-0.25, -0.2) is 15.5 Å². The van der Waals surface area contributed by atoms with Crippen LogP contribution in [0.4, 0.5) is 0 Å². The van der Waals surface area contributed by atoms with E-state index in [4.69, 9.17) is 26.9 Å². The summed E-state index contributed by atoms with van der Waals surface area (Å²) >= 11 is 6.35. The van der Waals surface area contributed by atoms with Gasteiger partial charge in [0, 0.05) is 5.75 Å². The van der Waals surface area contributed by atoms with Crippen LogP contribution in [-0.4, -0.2) is 10.1 Å². The zero-order chi connectivity index (χ0) is 14.3. The maximum atomic E-state index is 11.8. The van der Waals surface area contributed by atoms with Crippen molar-refractivity contribution in [2.24, 2.45) is 5.50 Å². The number of aryl methyl sites for hydroxylation is 1. The molecule has 0 spiro atoms. The lowest BCUT2D eigenvalue weighted by Crippen LogP contribution is -2.22. The third-order valence-corrected chi connectivity index (χ3v) is 4.15. The van der Waals surface area contributed by atoms with Gasteiger partial charge in [-0.2, -0.15) is 4.62 Å². The number of nitrogens with one attached hydrogen (secondary N) is 1. The van der Waals surface area contributed by atoms with Crippen molar-refractivity contribution >= 4 is 36.0 Å². The van der Waals surface area contributed by atoms with Crippen LogP contribution in [0.15, 0.2) is 24.3 Å². The molecule has 0 fully saturated rings. The lowest BCUT2D eigenvalue weighted by Gasteiger charge is -2.15. The second-order valence-corrected chi connectivity index (χ2v) is 6.99. The molecule has 0 saturated carbocycles. The zero-order valence-electron chi connectivity index (χ0n) is 10.8. The largest absolute Gasteiger partial charge is 0.477 e. The molecule has 0 aliphatic carbocycles. The fourth-order valence-electron chi connectivity index (χ4n) is 1.09. The van der Waals surface area contributed by atoms with Gasteiger partial charge in [0.2, 0.25) is 0 Å². The number of thioether (sulfide) groups is 1. The summed E-state index contributed by atoms with van der Waals surface area (Å²) in [4.78, 5) is 0. The van der Waals surface area contributed by atoms with E-state index < -0.39 is 7.75 Å². The van der Waals surface area contributed by atoms with Crippen LogP contribution < -0.4 is 15.5 Å². The fraction of sp³-hybridized carbons (Fsp3) is 0.364. The van der Waals surface area contributed by atoms with Crippen LogP contribution in [0, 0.1) is 6.92 Å². The smallest absolute Gasteiger partial charge is 0.412 e. The average Bonchev–Trinajstić information content (AvgIpc) is 2.36. The Bertz CT molecular complexity index is 468. The molecule has 3 N–H and O–H groups in total. The van der Waals surface area contributed by atoms with Crippen LogP contribution in [0.5, 0.6) is 5.75 Å². The van der Waals surface area contributed by atoms with Crippen molar-refractivity contribution < 1.29 is 13.7 Å². The third kappa shape index (κ3) is 6.94. The number of benzene rings is 1. The van der Waals surface area contributed by atoms with E-state index in [1.165, 1.54) is 11.8 Å². The first-order valence-corrected chi connectivity index (χ1v) is 8.70. The summed E-state index contributed by atoms with van der Waals surface area (Å²) in [6.45, 7) is 3.97. The van der Waals surface area contributed by atoms with Gasteiger partial charge < -0.3 is 4.52 Å². The van der Waals surface area contributed by atoms with Crippen LogP contribution in [0.2, 0.25) is 0 Å². The molecule has 0 aliphatic rings. The zero-order valence-corrected chi connectivity index (χ0v) is 13.3. The van der Waals surface area contributed by atoms with Crippen molar-refractivity contribution in [3.05, 3.63) is 29.8 Å². The minimum Gasteiger partial charge on any atom is -0.412 e. The summed E-state index contributed by atoms with van der Waals surface area (Å²) in [5, 5.41) is 0. The molecule has 1 aromatic rings. The van der Waals surface area contributed by atoms with Crippen molar-refractivity contribution in [3.8, 4) is 5.75 Å². The average molecular weight is 320 g/mol. The van der Waals surface area contributed by atoms with Crippen LogP contribution in [-0.2, 0) is 9.19 Å². The number of hydrogen-bond donors (Lipinski definition) is 2. The van der Waals surface area contributed by atoms with E-state index in [1.54, 1.807) is 12.1 Å². The minimum atomic E-state index is -3.73. The summed E-state index contributed by atoms with van der Waals surface area (Å²) in [5.74, 6) is 1.23. The number of thiocarbonyl (C=S) groups is 1. The maximum Gasteiger partial charge on any atom is 0.477 e. The lowest BCUT2D eigenvalue weighted by molar-refractivity contribution is 0.227. The van der Waals surface area contributed by atoms with Crippen LogP contribution in [0.3, 0.4) is 0 Å². The Kier molecular flexibility index (Phi) is 6.82. The van der Waals surface area contributed by atoms with Crippen molar-refractivity contribution in [3.63, 3.8) is 0 Å². The molecule has 1 atom stereocenters. The van der Waals surface area contributed by atoms with Crippen LogP contribution in [0.25, 0.3) is 0 Å². The Morgan fingerprint density at radius 1 is 1.47 bits per heavy atom. The highest BCUT2D eigenvalue weighted by Crippen LogP contribution is 2.39. The first-order chi connectivity index (χ1) is 8.93. The monoisotopic (exact) mass is 320 g/mol. The Labute approximate surface area is 122 Å². The molecule has 0 amide bonds. The lowest BCUT2D eigenvalue weighted by atomic mass is 10.2. The van der Waals surface area contributed by atoms with Gasteiger partial charge >= 0.3 is 7.75 Å². The van der Waals surface area contributed by atoms with Gasteiger partial charge in [-0.05, 0) is 25.5 Å². The standard InChI is InChI=1S/C11H17N2O3PS2/c1-3-8-19-11(18)13-16-17(12,14)15-10-6-4-9(2)5-7-10/h4-7H,3,8H2,1-2H3,(H2,12,14)(H,13,18). The van der Waals surface area contributed by atoms with E-state index in [2.05, 4.69) is 5.48 Å². The molecule has 0 heterocycles. The van der Waals surface area contributed by atoms with Crippen molar-refractivity contribution in [2.75, 3.05) is 5.75 Å². The van der Waals surface area contributed by atoms with Gasteiger partial charge in [0.25, 0.3) is 0 Å². The quantitative estimate of drug-likeness (QED) is 0.473. The molecule has 5 nitrogen and oxygen atoms in total. The van der Waals surface area contributed by atoms with E-state index in [9.17, 15) is 4.57 Å². The molecule has 106 valence electrons. The second kappa shape index (κ2) is 7.87. The highest BCUT2D eigenvalue weighted by Gasteiger charge is 2.21. The first kappa shape index (κ1) is 16.5. The van der Waals surface area contributed by atoms with Gasteiger partial charge in [-0.3, -0.25) is 0 Å². The predicted octanol–water partition coefficient (Wildman–Crippen LogP) is 3.39. The van der Waals surface area contributed by atoms with E-state index in [0.717, 1.165) is 17.7 Å². The van der Waals surface area contributed by atoms with Gasteiger partial charge in [0.1, 0.15) is 5.75 Å². The van der Waals surface area contributed by atoms with Crippen molar-refractivity contribution in [1.29, 1.82) is 0 Å². The molecule has 0 aliphatic heterocycles. The molecule has 0 radical (unpaired) electrons. The molecule has 0 saturated heterocycles. The molecule has 1 unspecified atom stereocenters. The molecule has 19 heavy (non-hydrogen) atoms. The van der Waals surface area contributed by atoms with Gasteiger partial charge in [-0.15, -0.1) is 0 Å². The summed E-state index contributed by atoms with van der Waals surface area (Å²) in [6.07, 6.45) is 0.979. The number of nitrogens with two attached hydrogens (primary N) is 1. The van der Waals surface area contributed by atoms with E-state index in [0.29, 0.717) is 10.1 Å². The minimum absolute atomic E-state index is 0.375. The summed E-state index contributed by atoms with van der Waals surface area (Å²) in [6, 6.07) is 6.99. The number of hydroxylamine groups is 1. The van der Waals surface area contributed by atoms with E-state index in [-0.39, 0.29) is 0 Å². The highest BCUT2D eigenvalue weighted by molar-refractivity contribution is 8.22. The molecule has 1 rings (SSSR count). The van der Waals surface area contributed by atoms with Crippen molar-refractivity contribution in [2.45, 2.75) is 20.3 Å². The maximum absolute atomic E-state index is 11.8. The van der Waals surface area contributed by atoms with E-state index >= 15 is 0 Å². The van der Waals surface area contributed by atoms with Crippen molar-refractivity contribution in [1.82, 2.24) is 5.48 Å². The number of hydrogen-bond acceptors (Lipinski definition) is 5. The fourth-order valence-corrected chi connectivity index (χ4v) is 2.67. The Morgan fingerprint density at radius 2 is 2.11 bits per heavy atom. The van der Waals surface area contributed by atoms with Gasteiger partial charge in [-0.1, -0.05) is 48.6 Å². The summed E-state index contributed by atoms with van der Waals surface area (Å²) < 4.78 is 22.1. The molecular formula is C11H17N2O3PS2. The molecule has 0 aromatic heterocycles. The molecular weight excluding hydrogens is 303 g/mol. The molecule has 1 aromatic carbocycles. The summed E-state index contributed by atoms with van der Waals surface area (Å²) in [7, 11) is -3.73. The number of rotatable bonds is 6. The summed E-state index contributed by atoms with van der Waals surface area (Å²) in [5.41, 5.74) is 8.88. The Hall–Kier alpha value is -0.590. The van der Waals surface area contributed by atoms with Crippen LogP contribution >= 0.6 is 31.7 Å². The van der Waals surface area contributed by atoms with Gasteiger partial charge in [0.15, 0.2) is 4.32 Å². The highest BCUT2D eigenvalue weighted by atomic mass is 32.2.